The van der Waals surface area contributed by atoms with E-state index < -0.39 is 5.82 Å². The van der Waals surface area contributed by atoms with E-state index in [2.05, 4.69) is 4.98 Å². The van der Waals surface area contributed by atoms with Gasteiger partial charge in [-0.15, -0.1) is 0 Å². The number of nitrogens with two attached hydrogens (primary N) is 1. The van der Waals surface area contributed by atoms with E-state index in [1.165, 1.54) is 13.2 Å². The van der Waals surface area contributed by atoms with E-state index in [1.807, 2.05) is 30.3 Å². The van der Waals surface area contributed by atoms with E-state index in [-0.39, 0.29) is 11.8 Å². The normalized spacial score (nSPS) is 12.3. The fourth-order valence-corrected chi connectivity index (χ4v) is 2.32. The van der Waals surface area contributed by atoms with Crippen LogP contribution >= 0.6 is 0 Å². The van der Waals surface area contributed by atoms with Crippen molar-refractivity contribution in [3.05, 3.63) is 71.7 Å². The van der Waals surface area contributed by atoms with Crippen molar-refractivity contribution in [3.8, 4) is 5.75 Å². The van der Waals surface area contributed by atoms with Crippen molar-refractivity contribution in [2.45, 2.75) is 6.04 Å². The molecular weight excluding hydrogens is 267 g/mol. The number of hydrogen-bond donors (Lipinski definition) is 1. The molecule has 0 saturated heterocycles. The molecule has 1 aromatic heterocycles. The summed E-state index contributed by atoms with van der Waals surface area (Å²) in [6, 6.07) is 14.1. The summed E-state index contributed by atoms with van der Waals surface area (Å²) < 4.78 is 18.5. The van der Waals surface area contributed by atoms with Gasteiger partial charge in [-0.05, 0) is 35.4 Å². The maximum absolute atomic E-state index is 13.5. The van der Waals surface area contributed by atoms with Crippen molar-refractivity contribution in [3.63, 3.8) is 0 Å². The number of pyridine rings is 1. The SMILES string of the molecule is COc1cc(C(N)c2cnc3ccccc3c2)ccc1F. The molecule has 3 nitrogen and oxygen atoms in total. The molecule has 0 radical (unpaired) electrons. The van der Waals surface area contributed by atoms with E-state index in [0.29, 0.717) is 0 Å². The summed E-state index contributed by atoms with van der Waals surface area (Å²) in [5.74, 6) is -0.207. The van der Waals surface area contributed by atoms with Crippen LogP contribution in [-0.4, -0.2) is 12.1 Å². The number of para-hydroxylation sites is 1. The van der Waals surface area contributed by atoms with Crippen LogP contribution in [0.5, 0.6) is 5.75 Å². The Kier molecular flexibility index (Phi) is 3.54. The molecule has 4 heteroatoms. The molecule has 0 bridgehead atoms. The van der Waals surface area contributed by atoms with Crippen LogP contribution in [-0.2, 0) is 0 Å². The minimum atomic E-state index is -0.398. The smallest absolute Gasteiger partial charge is 0.165 e. The second-order valence-electron chi connectivity index (χ2n) is 4.83. The molecule has 2 aromatic carbocycles. The molecule has 0 aliphatic heterocycles. The lowest BCUT2D eigenvalue weighted by Crippen LogP contribution is -2.12. The molecule has 3 aromatic rings. The fraction of sp³-hybridized carbons (Fsp3) is 0.118. The summed E-state index contributed by atoms with van der Waals surface area (Å²) in [4.78, 5) is 4.40. The Hall–Kier alpha value is -2.46. The molecule has 0 aliphatic carbocycles. The zero-order valence-corrected chi connectivity index (χ0v) is 11.6. The van der Waals surface area contributed by atoms with Crippen molar-refractivity contribution in [2.75, 3.05) is 7.11 Å². The summed E-state index contributed by atoms with van der Waals surface area (Å²) in [6.45, 7) is 0. The van der Waals surface area contributed by atoms with Gasteiger partial charge in [-0.1, -0.05) is 24.3 Å². The van der Waals surface area contributed by atoms with Gasteiger partial charge in [0.15, 0.2) is 11.6 Å². The molecule has 0 aliphatic rings. The van der Waals surface area contributed by atoms with Gasteiger partial charge in [0.05, 0.1) is 18.7 Å². The number of rotatable bonds is 3. The number of ether oxygens (including phenoxy) is 1. The van der Waals surface area contributed by atoms with E-state index >= 15 is 0 Å². The first-order valence-corrected chi connectivity index (χ1v) is 6.63. The van der Waals surface area contributed by atoms with Crippen LogP contribution in [0, 0.1) is 5.82 Å². The molecule has 1 unspecified atom stereocenters. The van der Waals surface area contributed by atoms with Crippen molar-refractivity contribution in [2.24, 2.45) is 5.73 Å². The third-order valence-electron chi connectivity index (χ3n) is 3.51. The molecule has 0 amide bonds. The summed E-state index contributed by atoms with van der Waals surface area (Å²) in [6.07, 6.45) is 1.75. The molecule has 0 saturated carbocycles. The van der Waals surface area contributed by atoms with Gasteiger partial charge in [0.1, 0.15) is 0 Å². The average Bonchev–Trinajstić information content (AvgIpc) is 2.54. The van der Waals surface area contributed by atoms with Crippen molar-refractivity contribution < 1.29 is 9.13 Å². The number of hydrogen-bond acceptors (Lipinski definition) is 3. The van der Waals surface area contributed by atoms with Gasteiger partial charge in [0.25, 0.3) is 0 Å². The highest BCUT2D eigenvalue weighted by Crippen LogP contribution is 2.26. The van der Waals surface area contributed by atoms with Gasteiger partial charge in [-0.2, -0.15) is 0 Å². The Morgan fingerprint density at radius 3 is 2.71 bits per heavy atom. The van der Waals surface area contributed by atoms with Crippen LogP contribution in [0.25, 0.3) is 10.9 Å². The molecule has 0 fully saturated rings. The summed E-state index contributed by atoms with van der Waals surface area (Å²) >= 11 is 0. The molecule has 106 valence electrons. The lowest BCUT2D eigenvalue weighted by atomic mass is 9.99. The molecule has 21 heavy (non-hydrogen) atoms. The van der Waals surface area contributed by atoms with Gasteiger partial charge >= 0.3 is 0 Å². The number of methoxy groups -OCH3 is 1. The van der Waals surface area contributed by atoms with Crippen LogP contribution < -0.4 is 10.5 Å². The van der Waals surface area contributed by atoms with Gasteiger partial charge in [0, 0.05) is 11.6 Å². The average molecular weight is 282 g/mol. The highest BCUT2D eigenvalue weighted by atomic mass is 19.1. The number of aromatic nitrogens is 1. The van der Waals surface area contributed by atoms with Crippen LogP contribution in [0.2, 0.25) is 0 Å². The van der Waals surface area contributed by atoms with Gasteiger partial charge in [0.2, 0.25) is 0 Å². The van der Waals surface area contributed by atoms with Crippen molar-refractivity contribution in [1.82, 2.24) is 4.98 Å². The quantitative estimate of drug-likeness (QED) is 0.800. The Labute approximate surface area is 122 Å². The minimum absolute atomic E-state index is 0.191. The first kappa shape index (κ1) is 13.5. The fourth-order valence-electron chi connectivity index (χ4n) is 2.32. The number of benzene rings is 2. The predicted octanol–water partition coefficient (Wildman–Crippen LogP) is 3.43. The van der Waals surface area contributed by atoms with E-state index in [0.717, 1.165) is 22.0 Å². The predicted molar refractivity (Wildman–Crippen MR) is 80.7 cm³/mol. The lowest BCUT2D eigenvalue weighted by Gasteiger charge is -2.14. The van der Waals surface area contributed by atoms with Crippen molar-refractivity contribution >= 4 is 10.9 Å². The van der Waals surface area contributed by atoms with Crippen LogP contribution in [0.15, 0.2) is 54.7 Å². The number of nitrogens with zero attached hydrogens (tertiary/aromatic N) is 1. The van der Waals surface area contributed by atoms with Crippen LogP contribution in [0.4, 0.5) is 4.39 Å². The summed E-state index contributed by atoms with van der Waals surface area (Å²) in [5.41, 5.74) is 8.84. The zero-order valence-electron chi connectivity index (χ0n) is 11.6. The largest absolute Gasteiger partial charge is 0.494 e. The highest BCUT2D eigenvalue weighted by Gasteiger charge is 2.13. The van der Waals surface area contributed by atoms with E-state index in [4.69, 9.17) is 10.5 Å². The zero-order chi connectivity index (χ0) is 14.8. The second-order valence-corrected chi connectivity index (χ2v) is 4.83. The van der Waals surface area contributed by atoms with Gasteiger partial charge in [-0.25, -0.2) is 4.39 Å². The Morgan fingerprint density at radius 1 is 1.10 bits per heavy atom. The van der Waals surface area contributed by atoms with E-state index in [1.54, 1.807) is 18.3 Å². The molecule has 0 spiro atoms. The lowest BCUT2D eigenvalue weighted by molar-refractivity contribution is 0.385. The number of halogens is 1. The van der Waals surface area contributed by atoms with Gasteiger partial charge < -0.3 is 10.5 Å². The molecule has 2 N–H and O–H groups in total. The monoisotopic (exact) mass is 282 g/mol. The maximum Gasteiger partial charge on any atom is 0.165 e. The van der Waals surface area contributed by atoms with Crippen molar-refractivity contribution in [1.29, 1.82) is 0 Å². The Balaban J connectivity index is 2.01. The Bertz CT molecular complexity index is 789. The molecule has 1 heterocycles. The van der Waals surface area contributed by atoms with Crippen LogP contribution in [0.1, 0.15) is 17.2 Å². The van der Waals surface area contributed by atoms with Crippen LogP contribution in [0.3, 0.4) is 0 Å². The topological polar surface area (TPSA) is 48.1 Å². The Morgan fingerprint density at radius 2 is 1.90 bits per heavy atom. The minimum Gasteiger partial charge on any atom is -0.494 e. The first-order chi connectivity index (χ1) is 10.2. The van der Waals surface area contributed by atoms with Gasteiger partial charge in [-0.3, -0.25) is 4.98 Å². The highest BCUT2D eigenvalue weighted by molar-refractivity contribution is 5.78. The maximum atomic E-state index is 13.5. The van der Waals surface area contributed by atoms with E-state index in [9.17, 15) is 4.39 Å². The third-order valence-corrected chi connectivity index (χ3v) is 3.51. The molecule has 3 rings (SSSR count). The summed E-state index contributed by atoms with van der Waals surface area (Å²) in [5, 5.41) is 1.03. The standard InChI is InChI=1S/C17H15FN2O/c1-21-16-9-12(6-7-14(16)18)17(19)13-8-11-4-2-3-5-15(11)20-10-13/h2-10,17H,19H2,1H3. The second kappa shape index (κ2) is 5.50. The first-order valence-electron chi connectivity index (χ1n) is 6.63. The summed E-state index contributed by atoms with van der Waals surface area (Å²) in [7, 11) is 1.44. The molecule has 1 atom stereocenters. The number of fused-ring (bicyclic) bond motifs is 1. The third kappa shape index (κ3) is 2.58. The molecular formula is C17H15FN2O.